The zero-order chi connectivity index (χ0) is 16.3. The van der Waals surface area contributed by atoms with E-state index in [4.69, 9.17) is 0 Å². The van der Waals surface area contributed by atoms with Gasteiger partial charge in [0.1, 0.15) is 0 Å². The van der Waals surface area contributed by atoms with Crippen molar-refractivity contribution in [3.63, 3.8) is 0 Å². The second-order valence-corrected chi connectivity index (χ2v) is 12.5. The van der Waals surface area contributed by atoms with E-state index >= 15 is 0 Å². The molecule has 0 saturated heterocycles. The summed E-state index contributed by atoms with van der Waals surface area (Å²) < 4.78 is 0. The van der Waals surface area contributed by atoms with Crippen LogP contribution in [0.25, 0.3) is 10.8 Å². The van der Waals surface area contributed by atoms with Crippen molar-refractivity contribution in [2.75, 3.05) is 0 Å². The molecule has 4 rings (SSSR count). The maximum absolute atomic E-state index is 2.99. The van der Waals surface area contributed by atoms with E-state index in [1.165, 1.54) is 10.8 Å². The largest absolute Gasteiger partial charge is 0.273 e. The number of allylic oxidation sites excluding steroid dienone is 4. The summed E-state index contributed by atoms with van der Waals surface area (Å²) in [6, 6.07) is 25.4. The summed E-state index contributed by atoms with van der Waals surface area (Å²) in [7, 11) is 0. The molecule has 0 fully saturated rings. The average Bonchev–Trinajstić information content (AvgIpc) is 3.30. The normalized spacial score (nSPS) is 10.5. The molecule has 3 aromatic carbocycles. The van der Waals surface area contributed by atoms with Gasteiger partial charge in [0.05, 0.1) is 0 Å². The van der Waals surface area contributed by atoms with E-state index in [1.807, 2.05) is 12.2 Å². The minimum absolute atomic E-state index is 0. The Balaban J connectivity index is 0.000000345. The Hall–Kier alpha value is -0.790. The molecule has 1 aliphatic rings. The van der Waals surface area contributed by atoms with Gasteiger partial charge in [-0.3, -0.25) is 6.08 Å². The van der Waals surface area contributed by atoms with Crippen LogP contribution in [0.1, 0.15) is 6.42 Å². The summed E-state index contributed by atoms with van der Waals surface area (Å²) in [5.41, 5.74) is -0.122. The number of hydrogen-bond donors (Lipinski definition) is 0. The van der Waals surface area contributed by atoms with Gasteiger partial charge in [0, 0.05) is 0 Å². The van der Waals surface area contributed by atoms with Crippen LogP contribution in [-0.2, 0) is 23.3 Å². The summed E-state index contributed by atoms with van der Waals surface area (Å²) in [6.07, 6.45) is 10.0. The molecule has 0 nitrogen and oxygen atoms in total. The molecule has 0 spiro atoms. The first-order valence-electron chi connectivity index (χ1n) is 7.70. The second-order valence-electron chi connectivity index (χ2n) is 5.15. The molecule has 128 valence electrons. The molecule has 0 unspecified atom stereocenters. The van der Waals surface area contributed by atoms with Crippen LogP contribution in [0.3, 0.4) is 0 Å². The van der Waals surface area contributed by atoms with Gasteiger partial charge in [-0.15, -0.1) is 60.9 Å². The number of benzene rings is 2. The molecule has 0 aromatic heterocycles. The Morgan fingerprint density at radius 1 is 0.960 bits per heavy atom. The van der Waals surface area contributed by atoms with Gasteiger partial charge >= 0.3 is 70.8 Å². The van der Waals surface area contributed by atoms with E-state index in [9.17, 15) is 0 Å². The van der Waals surface area contributed by atoms with Crippen LogP contribution >= 0.6 is 24.8 Å². The Kier molecular flexibility index (Phi) is 13.9. The van der Waals surface area contributed by atoms with E-state index in [0.29, 0.717) is 0 Å². The SMILES string of the molecule is C[Si](=[Zr+2])c1ccccc1.Cl.Cl.[C-]1=CC=CC1.c1ccc2[cH-]ccc2c1. The monoisotopic (exact) mass is 462 g/mol. The predicted molar refractivity (Wildman–Crippen MR) is 113 cm³/mol. The third kappa shape index (κ3) is 9.47. The van der Waals surface area contributed by atoms with E-state index in [0.717, 1.165) is 6.42 Å². The maximum atomic E-state index is 2.99. The van der Waals surface area contributed by atoms with Crippen LogP contribution in [0.2, 0.25) is 6.55 Å². The van der Waals surface area contributed by atoms with Crippen LogP contribution in [0.15, 0.2) is 91.0 Å². The summed E-state index contributed by atoms with van der Waals surface area (Å²) in [5, 5.41) is 4.22. The molecule has 1 aliphatic carbocycles. The maximum Gasteiger partial charge on any atom is -0.0809 e. The molecule has 0 radical (unpaired) electrons. The van der Waals surface area contributed by atoms with Crippen LogP contribution in [-0.4, -0.2) is 5.43 Å². The molecule has 0 bridgehead atoms. The molecular formula is C21H22Cl2SiZr. The van der Waals surface area contributed by atoms with E-state index in [2.05, 4.69) is 91.5 Å². The van der Waals surface area contributed by atoms with Crippen LogP contribution < -0.4 is 5.19 Å². The van der Waals surface area contributed by atoms with E-state index in [1.54, 1.807) is 28.5 Å². The fourth-order valence-corrected chi connectivity index (χ4v) is 4.02. The molecule has 0 heterocycles. The molecule has 0 aliphatic heterocycles. The number of fused-ring (bicyclic) bond motifs is 1. The minimum atomic E-state index is -0.122. The number of halogens is 2. The molecule has 25 heavy (non-hydrogen) atoms. The number of rotatable bonds is 1. The van der Waals surface area contributed by atoms with Crippen molar-refractivity contribution in [2.45, 2.75) is 13.0 Å². The molecule has 0 amide bonds. The van der Waals surface area contributed by atoms with Crippen molar-refractivity contribution >= 4 is 46.2 Å². The van der Waals surface area contributed by atoms with Crippen molar-refractivity contribution in [1.29, 1.82) is 0 Å². The molecule has 0 N–H and O–H groups in total. The quantitative estimate of drug-likeness (QED) is 0.317. The Labute approximate surface area is 178 Å². The van der Waals surface area contributed by atoms with Crippen LogP contribution in [0.5, 0.6) is 0 Å². The van der Waals surface area contributed by atoms with Crippen molar-refractivity contribution in [2.24, 2.45) is 0 Å². The van der Waals surface area contributed by atoms with Crippen molar-refractivity contribution in [1.82, 2.24) is 0 Å². The van der Waals surface area contributed by atoms with Gasteiger partial charge in [-0.25, -0.2) is 12.2 Å². The van der Waals surface area contributed by atoms with Gasteiger partial charge in [0.2, 0.25) is 0 Å². The zero-order valence-corrected chi connectivity index (χ0v) is 19.3. The van der Waals surface area contributed by atoms with Gasteiger partial charge in [-0.05, 0) is 0 Å². The third-order valence-electron chi connectivity index (χ3n) is 3.34. The van der Waals surface area contributed by atoms with Crippen LogP contribution in [0.4, 0.5) is 0 Å². The predicted octanol–water partition coefficient (Wildman–Crippen LogP) is 5.77. The summed E-state index contributed by atoms with van der Waals surface area (Å²) >= 11 is 1.69. The first-order valence-corrected chi connectivity index (χ1v) is 13.4. The first-order chi connectivity index (χ1) is 11.3. The molecular weight excluding hydrogens is 442 g/mol. The van der Waals surface area contributed by atoms with Gasteiger partial charge in [0.25, 0.3) is 0 Å². The standard InChI is InChI=1S/C9H7.C7H8Si.C5H5.2ClH.Zr/c1-2-5-9-7-3-6-8(9)4-1;1-8-7-5-3-2-4-6-7;1-2-4-5-3-1;;;/h1-7H;2-6H,1H3;1-3H,4H2;2*1H;/q-1;;-1;;;+2. The Bertz CT molecular complexity index is 752. The summed E-state index contributed by atoms with van der Waals surface area (Å²) in [4.78, 5) is 0. The smallest absolute Gasteiger partial charge is 0.0809 e. The minimum Gasteiger partial charge on any atom is -0.273 e. The summed E-state index contributed by atoms with van der Waals surface area (Å²) in [5.74, 6) is 0. The van der Waals surface area contributed by atoms with Gasteiger partial charge in [0.15, 0.2) is 0 Å². The van der Waals surface area contributed by atoms with Crippen molar-refractivity contribution < 1.29 is 23.3 Å². The number of hydrogen-bond acceptors (Lipinski definition) is 0. The fourth-order valence-electron chi connectivity index (χ4n) is 2.10. The molecule has 0 atom stereocenters. The van der Waals surface area contributed by atoms with Gasteiger partial charge < -0.3 is 0 Å². The summed E-state index contributed by atoms with van der Waals surface area (Å²) in [6.45, 7) is 2.35. The third-order valence-corrected chi connectivity index (χ3v) is 6.67. The van der Waals surface area contributed by atoms with Crippen molar-refractivity contribution in [3.8, 4) is 0 Å². The topological polar surface area (TPSA) is 0 Å². The molecule has 0 saturated carbocycles. The van der Waals surface area contributed by atoms with Gasteiger partial charge in [-0.1, -0.05) is 6.07 Å². The fraction of sp³-hybridized carbons (Fsp3) is 0.0952. The molecule has 3 aromatic rings. The van der Waals surface area contributed by atoms with Gasteiger partial charge in [-0.2, -0.15) is 23.6 Å². The zero-order valence-electron chi connectivity index (χ0n) is 14.2. The van der Waals surface area contributed by atoms with Crippen LogP contribution in [0, 0.1) is 6.08 Å². The average molecular weight is 465 g/mol. The Morgan fingerprint density at radius 2 is 1.64 bits per heavy atom. The second kappa shape index (κ2) is 14.4. The molecule has 4 heteroatoms. The van der Waals surface area contributed by atoms with Crippen molar-refractivity contribution in [3.05, 3.63) is 97.1 Å². The first kappa shape index (κ1) is 24.2. The van der Waals surface area contributed by atoms with E-state index < -0.39 is 0 Å². The Morgan fingerprint density at radius 3 is 2.12 bits per heavy atom. The van der Waals surface area contributed by atoms with E-state index in [-0.39, 0.29) is 30.2 Å².